The molecule has 3 aromatic heterocycles. The van der Waals surface area contributed by atoms with Gasteiger partial charge >= 0.3 is 143 Å². The molecule has 0 fully saturated rings. The van der Waals surface area contributed by atoms with Crippen LogP contribution in [-0.2, 0) is 4.79 Å². The van der Waals surface area contributed by atoms with Gasteiger partial charge < -0.3 is 0 Å². The molecular weight excluding hydrogens is 365 g/mol. The molecule has 4 nitrogen and oxygen atoms in total. The van der Waals surface area contributed by atoms with Crippen molar-refractivity contribution in [2.75, 3.05) is 0 Å². The molecule has 0 bridgehead atoms. The predicted molar refractivity (Wildman–Crippen MR) is 94.4 cm³/mol. The summed E-state index contributed by atoms with van der Waals surface area (Å²) in [5.41, 5.74) is -0.0981. The van der Waals surface area contributed by atoms with Crippen LogP contribution < -0.4 is 13.8 Å². The Morgan fingerprint density at radius 2 is 1.29 bits per heavy atom. The molecule has 0 atom stereocenters. The van der Waals surface area contributed by atoms with E-state index < -0.39 is 13.3 Å². The Bertz CT molecular complexity index is 719. The van der Waals surface area contributed by atoms with Gasteiger partial charge in [0.05, 0.1) is 0 Å². The summed E-state index contributed by atoms with van der Waals surface area (Å²) in [6, 6.07) is 10.9. The Morgan fingerprint density at radius 1 is 0.875 bits per heavy atom. The van der Waals surface area contributed by atoms with Crippen molar-refractivity contribution in [2.24, 2.45) is 5.41 Å². The number of hydrogen-bond donors (Lipinski definition) is 0. The average Bonchev–Trinajstić information content (AvgIpc) is 3.28. The third-order valence-corrected chi connectivity index (χ3v) is 12.1. The third kappa shape index (κ3) is 2.94. The molecule has 0 unspecified atom stereocenters. The van der Waals surface area contributed by atoms with E-state index in [0.29, 0.717) is 13.8 Å². The van der Waals surface area contributed by atoms with Gasteiger partial charge in [0.15, 0.2) is 0 Å². The van der Waals surface area contributed by atoms with Crippen LogP contribution in [0.4, 0.5) is 0 Å². The summed E-state index contributed by atoms with van der Waals surface area (Å²) in [6.45, 7) is 6.16. The SMILES string of the molecule is CC(C)(C)/C=C/[C](=O)[Ge]([c]1ccco1)([c]1ccco1)[c]1ccco1. The fraction of sp³-hybridized carbons (Fsp3) is 0.211. The Balaban J connectivity index is 2.24. The summed E-state index contributed by atoms with van der Waals surface area (Å²) >= 11 is -3.87. The van der Waals surface area contributed by atoms with E-state index in [1.165, 1.54) is 0 Å². The average molecular weight is 385 g/mol. The monoisotopic (exact) mass is 386 g/mol. The molecule has 0 aliphatic rings. The van der Waals surface area contributed by atoms with Crippen LogP contribution in [0.3, 0.4) is 0 Å². The zero-order chi connectivity index (χ0) is 17.2. The fourth-order valence-electron chi connectivity index (χ4n) is 2.66. The Kier molecular flexibility index (Phi) is 4.41. The van der Waals surface area contributed by atoms with Crippen molar-refractivity contribution >= 4 is 31.7 Å². The first-order valence-corrected chi connectivity index (χ1v) is 12.0. The van der Waals surface area contributed by atoms with E-state index in [0.717, 1.165) is 0 Å². The third-order valence-electron chi connectivity index (χ3n) is 3.78. The van der Waals surface area contributed by atoms with Crippen LogP contribution >= 0.6 is 0 Å². The van der Waals surface area contributed by atoms with Gasteiger partial charge in [-0.3, -0.25) is 0 Å². The van der Waals surface area contributed by atoms with Gasteiger partial charge in [-0.25, -0.2) is 0 Å². The zero-order valence-corrected chi connectivity index (χ0v) is 16.1. The van der Waals surface area contributed by atoms with Crippen molar-refractivity contribution < 1.29 is 18.0 Å². The first kappa shape index (κ1) is 16.6. The molecule has 0 saturated carbocycles. The summed E-state index contributed by atoms with van der Waals surface area (Å²) in [5.74, 6) is 0. The normalized spacial score (nSPS) is 12.8. The van der Waals surface area contributed by atoms with E-state index in [2.05, 4.69) is 20.8 Å². The standard InChI is InChI=1S/C19H20GeO4/c1-19(2,3)11-10-15(21)20(16-7-4-12-22-16,17-8-5-13-23-17)18-9-6-14-24-18/h4-14H,1-3H3/b11-10+. The van der Waals surface area contributed by atoms with E-state index >= 15 is 0 Å². The van der Waals surface area contributed by atoms with Crippen molar-refractivity contribution in [1.82, 2.24) is 0 Å². The van der Waals surface area contributed by atoms with Gasteiger partial charge in [0, 0.05) is 0 Å². The van der Waals surface area contributed by atoms with Crippen LogP contribution in [0.15, 0.2) is 80.6 Å². The molecular formula is C19H20GeO4. The molecule has 3 heterocycles. The fourth-order valence-corrected chi connectivity index (χ4v) is 10.1. The van der Waals surface area contributed by atoms with Gasteiger partial charge in [-0.1, -0.05) is 0 Å². The van der Waals surface area contributed by atoms with Gasteiger partial charge in [0.25, 0.3) is 0 Å². The molecule has 0 N–H and O–H groups in total. The minimum atomic E-state index is -3.87. The number of carbonyl (C=O) groups excluding carboxylic acids is 1. The number of allylic oxidation sites excluding steroid dienone is 2. The first-order valence-electron chi connectivity index (χ1n) is 7.80. The van der Waals surface area contributed by atoms with Gasteiger partial charge in [-0.15, -0.1) is 0 Å². The van der Waals surface area contributed by atoms with E-state index in [9.17, 15) is 4.79 Å². The Hall–Kier alpha value is -2.21. The Morgan fingerprint density at radius 3 is 1.58 bits per heavy atom. The molecule has 0 aliphatic heterocycles. The molecule has 0 amide bonds. The van der Waals surface area contributed by atoms with Crippen molar-refractivity contribution in [3.8, 4) is 0 Å². The Labute approximate surface area is 143 Å². The quantitative estimate of drug-likeness (QED) is 0.501. The number of furan rings is 3. The number of carbonyl (C=O) groups is 1. The topological polar surface area (TPSA) is 56.5 Å². The van der Waals surface area contributed by atoms with Crippen LogP contribution in [0.25, 0.3) is 0 Å². The second kappa shape index (κ2) is 6.36. The van der Waals surface area contributed by atoms with Crippen LogP contribution in [0.1, 0.15) is 20.8 Å². The molecule has 0 radical (unpaired) electrons. The summed E-state index contributed by atoms with van der Waals surface area (Å²) in [7, 11) is 0. The minimum absolute atomic E-state index is 0.00442. The molecule has 5 heteroatoms. The van der Waals surface area contributed by atoms with Gasteiger partial charge in [-0.05, 0) is 0 Å². The van der Waals surface area contributed by atoms with Crippen molar-refractivity contribution in [3.63, 3.8) is 0 Å². The summed E-state index contributed by atoms with van der Waals surface area (Å²) in [5, 5.41) is 0. The van der Waals surface area contributed by atoms with Crippen LogP contribution in [-0.4, -0.2) is 17.9 Å². The van der Waals surface area contributed by atoms with Crippen LogP contribution in [0.2, 0.25) is 0 Å². The molecule has 124 valence electrons. The molecule has 0 spiro atoms. The van der Waals surface area contributed by atoms with Gasteiger partial charge in [0.1, 0.15) is 0 Å². The molecule has 0 saturated heterocycles. The summed E-state index contributed by atoms with van der Waals surface area (Å²) < 4.78 is 19.1. The number of hydrogen-bond acceptors (Lipinski definition) is 4. The van der Waals surface area contributed by atoms with Crippen LogP contribution in [0, 0.1) is 5.41 Å². The maximum atomic E-state index is 13.4. The first-order chi connectivity index (χ1) is 11.4. The van der Waals surface area contributed by atoms with E-state index in [4.69, 9.17) is 13.3 Å². The van der Waals surface area contributed by atoms with Gasteiger partial charge in [0.2, 0.25) is 0 Å². The second-order valence-corrected chi connectivity index (χ2v) is 14.0. The van der Waals surface area contributed by atoms with Crippen molar-refractivity contribution in [2.45, 2.75) is 20.8 Å². The van der Waals surface area contributed by atoms with Crippen molar-refractivity contribution in [3.05, 3.63) is 67.3 Å². The molecule has 3 aromatic rings. The summed E-state index contributed by atoms with van der Waals surface area (Å²) in [6.07, 6.45) is 8.34. The molecule has 0 aromatic carbocycles. The van der Waals surface area contributed by atoms with Crippen molar-refractivity contribution in [1.29, 1.82) is 0 Å². The van der Waals surface area contributed by atoms with Crippen LogP contribution in [0.5, 0.6) is 0 Å². The predicted octanol–water partition coefficient (Wildman–Crippen LogP) is 2.65. The van der Waals surface area contributed by atoms with E-state index in [-0.39, 0.29) is 10.0 Å². The second-order valence-electron chi connectivity index (χ2n) is 6.75. The van der Waals surface area contributed by atoms with E-state index in [1.54, 1.807) is 43.1 Å². The number of rotatable bonds is 5. The molecule has 24 heavy (non-hydrogen) atoms. The maximum absolute atomic E-state index is 13.4. The molecule has 0 aliphatic carbocycles. The summed E-state index contributed by atoms with van der Waals surface area (Å²) in [4.78, 5) is 13.4. The molecule has 3 rings (SSSR count). The van der Waals surface area contributed by atoms with Gasteiger partial charge in [-0.2, -0.15) is 0 Å². The zero-order valence-electron chi connectivity index (χ0n) is 14.0. The van der Waals surface area contributed by atoms with E-state index in [1.807, 2.05) is 24.3 Å².